The number of imide groups is 2. The van der Waals surface area contributed by atoms with E-state index in [1.807, 2.05) is 31.2 Å². The van der Waals surface area contributed by atoms with Crippen LogP contribution in [0.3, 0.4) is 0 Å². The first-order valence-electron chi connectivity index (χ1n) is 17.0. The summed E-state index contributed by atoms with van der Waals surface area (Å²) in [6.45, 7) is 3.48. The van der Waals surface area contributed by atoms with Gasteiger partial charge in [-0.25, -0.2) is 4.90 Å². The van der Waals surface area contributed by atoms with Crippen molar-refractivity contribution in [2.45, 2.75) is 39.0 Å². The molecule has 1 saturated carbocycles. The third-order valence-corrected chi connectivity index (χ3v) is 13.2. The molecule has 8 rings (SSSR count). The number of carbonyl (C=O) groups is 5. The van der Waals surface area contributed by atoms with Gasteiger partial charge < -0.3 is 14.9 Å². The second-order valence-electron chi connectivity index (χ2n) is 14.3. The van der Waals surface area contributed by atoms with Crippen LogP contribution >= 0.6 is 22.9 Å². The van der Waals surface area contributed by atoms with Gasteiger partial charge in [0, 0.05) is 46.9 Å². The highest BCUT2D eigenvalue weighted by molar-refractivity contribution is 7.22. The van der Waals surface area contributed by atoms with Crippen molar-refractivity contribution in [3.05, 3.63) is 70.3 Å². The van der Waals surface area contributed by atoms with E-state index in [0.29, 0.717) is 27.6 Å². The predicted octanol–water partition coefficient (Wildman–Crippen LogP) is 5.68. The Balaban J connectivity index is 1.24. The van der Waals surface area contributed by atoms with Crippen molar-refractivity contribution in [1.29, 1.82) is 0 Å². The molecule has 0 spiro atoms. The van der Waals surface area contributed by atoms with Crippen molar-refractivity contribution in [2.75, 3.05) is 18.6 Å². The summed E-state index contributed by atoms with van der Waals surface area (Å²) in [5.74, 6) is -6.31. The third-order valence-electron chi connectivity index (χ3n) is 11.7. The minimum absolute atomic E-state index is 0.116. The van der Waals surface area contributed by atoms with Gasteiger partial charge in [0.25, 0.3) is 0 Å². The molecule has 3 fully saturated rings. The first-order chi connectivity index (χ1) is 24.8. The highest BCUT2D eigenvalue weighted by Crippen LogP contribution is 2.64. The van der Waals surface area contributed by atoms with Crippen molar-refractivity contribution < 1.29 is 38.9 Å². The van der Waals surface area contributed by atoms with Crippen LogP contribution in [0, 0.1) is 36.0 Å². The molecule has 2 aliphatic heterocycles. The smallest absolute Gasteiger partial charge is 0.305 e. The van der Waals surface area contributed by atoms with E-state index in [-0.39, 0.29) is 37.4 Å². The minimum Gasteiger partial charge on any atom is -0.508 e. The molecule has 2 saturated heterocycles. The fourth-order valence-corrected chi connectivity index (χ4v) is 10.5. The van der Waals surface area contributed by atoms with Gasteiger partial charge in [-0.15, -0.1) is 11.3 Å². The van der Waals surface area contributed by atoms with Crippen LogP contribution in [0.15, 0.2) is 54.1 Å². The fraction of sp³-hybridized carbons (Fsp3) is 0.368. The van der Waals surface area contributed by atoms with Gasteiger partial charge in [-0.1, -0.05) is 29.3 Å². The Bertz CT molecular complexity index is 2290. The lowest BCUT2D eigenvalue weighted by molar-refractivity contribution is -0.142. The Morgan fingerprint density at radius 1 is 1.08 bits per heavy atom. The molecule has 4 aromatic rings. The molecule has 4 heterocycles. The topological polar surface area (TPSA) is 159 Å². The SMILES string of the molecule is COc1ccc([C@H]2C3=CC[C@@H]4C(=O)N(CCC(=O)O)C(=O)[C@@H]4[C@@H]3C[C@H]3C(=O)N(c4cc(-c5sc6ccc(Cl)cc6c5C)nn4C)C(=O)[C@@]23C)c(O)c1. The molecule has 2 aliphatic carbocycles. The maximum Gasteiger partial charge on any atom is 0.305 e. The van der Waals surface area contributed by atoms with Gasteiger partial charge in [-0.2, -0.15) is 5.10 Å². The van der Waals surface area contributed by atoms with Crippen LogP contribution < -0.4 is 9.64 Å². The lowest BCUT2D eigenvalue weighted by atomic mass is 9.51. The second kappa shape index (κ2) is 12.0. The highest BCUT2D eigenvalue weighted by atomic mass is 35.5. The summed E-state index contributed by atoms with van der Waals surface area (Å²) in [4.78, 5) is 71.6. The number of hydrogen-bond donors (Lipinski definition) is 2. The molecule has 2 N–H and O–H groups in total. The predicted molar refractivity (Wildman–Crippen MR) is 192 cm³/mol. The Labute approximate surface area is 307 Å². The number of phenols is 1. The largest absolute Gasteiger partial charge is 0.508 e. The number of thiophene rings is 1. The number of carboxylic acids is 1. The number of fused-ring (bicyclic) bond motifs is 5. The normalized spacial score (nSPS) is 26.9. The van der Waals surface area contributed by atoms with E-state index in [9.17, 15) is 34.2 Å². The van der Waals surface area contributed by atoms with Crippen LogP contribution in [0.4, 0.5) is 5.82 Å². The number of ether oxygens (including phenoxy) is 1. The van der Waals surface area contributed by atoms with Gasteiger partial charge in [0.15, 0.2) is 0 Å². The molecule has 6 atom stereocenters. The fourth-order valence-electron chi connectivity index (χ4n) is 9.18. The molecule has 12 nitrogen and oxygen atoms in total. The first-order valence-corrected chi connectivity index (χ1v) is 18.2. The second-order valence-corrected chi connectivity index (χ2v) is 15.8. The van der Waals surface area contributed by atoms with Crippen LogP contribution in [-0.4, -0.2) is 68.1 Å². The molecule has 4 amide bonds. The number of hydrogen-bond acceptors (Lipinski definition) is 9. The molecular formula is C38H35ClN4O8S. The minimum atomic E-state index is -1.39. The lowest BCUT2D eigenvalue weighted by Crippen LogP contribution is -2.49. The van der Waals surface area contributed by atoms with E-state index < -0.39 is 64.6 Å². The number of likely N-dealkylation sites (tertiary alicyclic amines) is 1. The number of aryl methyl sites for hydroxylation is 2. The number of phenolic OH excluding ortho intramolecular Hbond substituents is 1. The number of halogens is 1. The summed E-state index contributed by atoms with van der Waals surface area (Å²) >= 11 is 7.83. The standard InChI is InChI=1S/C38H35ClN4O8S/c1-17-23-13-18(39)5-10-28(23)52-33(17)26-16-29(41(3)40-26)43-35(48)25-15-24-20(8-9-22-31(24)36(49)42(34(22)47)12-11-30(45)46)32(38(25,2)37(43)50)21-7-6-19(51-4)14-27(21)44/h5-8,10,13-14,16,22,24-25,31-32,44H,9,11-12,15H2,1-4H3,(H,45,46)/t22-,24+,25-,31-,32+,38+/m0/s1. The molecule has 14 heteroatoms. The Hall–Kier alpha value is -5.01. The third kappa shape index (κ3) is 4.78. The summed E-state index contributed by atoms with van der Waals surface area (Å²) in [5.41, 5.74) is 1.28. The molecule has 0 unspecified atom stereocenters. The molecule has 0 radical (unpaired) electrons. The van der Waals surface area contributed by atoms with Gasteiger partial charge in [0.1, 0.15) is 23.0 Å². The number of nitrogens with zero attached hydrogens (tertiary/aromatic N) is 4. The van der Waals surface area contributed by atoms with Crippen LogP contribution in [0.1, 0.15) is 43.2 Å². The number of methoxy groups -OCH3 is 1. The van der Waals surface area contributed by atoms with E-state index in [2.05, 4.69) is 0 Å². The number of allylic oxidation sites excluding steroid dienone is 2. The number of carboxylic acid groups (broad SMARTS) is 1. The van der Waals surface area contributed by atoms with Crippen molar-refractivity contribution in [3.63, 3.8) is 0 Å². The maximum absolute atomic E-state index is 15.0. The Morgan fingerprint density at radius 3 is 2.56 bits per heavy atom. The quantitative estimate of drug-likeness (QED) is 0.179. The number of aliphatic carboxylic acids is 1. The summed E-state index contributed by atoms with van der Waals surface area (Å²) in [6.07, 6.45) is 1.82. The highest BCUT2D eigenvalue weighted by Gasteiger charge is 2.68. The maximum atomic E-state index is 15.0. The first kappa shape index (κ1) is 34.1. The molecule has 2 aromatic heterocycles. The zero-order chi connectivity index (χ0) is 37.0. The summed E-state index contributed by atoms with van der Waals surface area (Å²) in [7, 11) is 3.15. The van der Waals surface area contributed by atoms with E-state index in [0.717, 1.165) is 25.4 Å². The van der Waals surface area contributed by atoms with Crippen LogP contribution in [-0.2, 0) is 31.0 Å². The number of rotatable bonds is 7. The number of carbonyl (C=O) groups excluding carboxylic acids is 4. The summed E-state index contributed by atoms with van der Waals surface area (Å²) < 4.78 is 7.88. The van der Waals surface area contributed by atoms with Crippen molar-refractivity contribution >= 4 is 68.4 Å². The zero-order valence-corrected chi connectivity index (χ0v) is 30.3. The van der Waals surface area contributed by atoms with Gasteiger partial charge in [0.05, 0.1) is 41.6 Å². The van der Waals surface area contributed by atoms with Crippen LogP contribution in [0.25, 0.3) is 20.7 Å². The molecular weight excluding hydrogens is 708 g/mol. The van der Waals surface area contributed by atoms with Gasteiger partial charge in [0.2, 0.25) is 23.6 Å². The van der Waals surface area contributed by atoms with Crippen molar-refractivity contribution in [3.8, 4) is 22.1 Å². The van der Waals surface area contributed by atoms with Crippen LogP contribution in [0.2, 0.25) is 5.02 Å². The number of amides is 4. The zero-order valence-electron chi connectivity index (χ0n) is 28.8. The van der Waals surface area contributed by atoms with Crippen LogP contribution in [0.5, 0.6) is 11.5 Å². The molecule has 4 aliphatic rings. The monoisotopic (exact) mass is 742 g/mol. The van der Waals surface area contributed by atoms with Crippen molar-refractivity contribution in [1.82, 2.24) is 14.7 Å². The number of benzene rings is 2. The van der Waals surface area contributed by atoms with E-state index >= 15 is 0 Å². The van der Waals surface area contributed by atoms with Gasteiger partial charge >= 0.3 is 5.97 Å². The number of aromatic nitrogens is 2. The van der Waals surface area contributed by atoms with Gasteiger partial charge in [-0.3, -0.25) is 33.6 Å². The lowest BCUT2D eigenvalue weighted by Gasteiger charge is -2.49. The molecule has 52 heavy (non-hydrogen) atoms. The number of anilines is 1. The average molecular weight is 743 g/mol. The van der Waals surface area contributed by atoms with E-state index in [4.69, 9.17) is 21.4 Å². The van der Waals surface area contributed by atoms with E-state index in [1.165, 1.54) is 34.1 Å². The van der Waals surface area contributed by atoms with E-state index in [1.54, 1.807) is 32.2 Å². The number of aromatic hydroxyl groups is 1. The summed E-state index contributed by atoms with van der Waals surface area (Å²) in [5, 5.41) is 27.1. The Morgan fingerprint density at radius 2 is 1.85 bits per heavy atom. The average Bonchev–Trinajstić information content (AvgIpc) is 3.77. The molecule has 268 valence electrons. The summed E-state index contributed by atoms with van der Waals surface area (Å²) in [6, 6.07) is 12.2. The Kier molecular flexibility index (Phi) is 7.88. The molecule has 2 aromatic carbocycles. The van der Waals surface area contributed by atoms with Crippen molar-refractivity contribution in [2.24, 2.45) is 36.1 Å². The van der Waals surface area contributed by atoms with Gasteiger partial charge in [-0.05, 0) is 67.8 Å². The molecule has 0 bridgehead atoms.